The molecule has 0 fully saturated rings. The van der Waals surface area contributed by atoms with Gasteiger partial charge in [-0.1, -0.05) is 23.8 Å². The Bertz CT molecular complexity index is 451. The molecular weight excluding hydrogens is 272 g/mol. The summed E-state index contributed by atoms with van der Waals surface area (Å²) >= 11 is 5.82. The van der Waals surface area contributed by atoms with E-state index in [2.05, 4.69) is 12.2 Å². The molecule has 1 aromatic carbocycles. The lowest BCUT2D eigenvalue weighted by Gasteiger charge is -2.18. The highest BCUT2D eigenvalue weighted by Crippen LogP contribution is 2.18. The third-order valence-electron chi connectivity index (χ3n) is 3.56. The molecule has 0 amide bonds. The third-order valence-corrected chi connectivity index (χ3v) is 3.82. The molecule has 108 valence electrons. The van der Waals surface area contributed by atoms with Crippen LogP contribution in [0.1, 0.15) is 55.3 Å². The van der Waals surface area contributed by atoms with Crippen LogP contribution in [0.5, 0.6) is 0 Å². The summed E-state index contributed by atoms with van der Waals surface area (Å²) in [4.78, 5) is 12.1. The van der Waals surface area contributed by atoms with Crippen LogP contribution in [0.3, 0.4) is 0 Å². The minimum atomic E-state index is -0.237. The molecule has 0 bridgehead atoms. The summed E-state index contributed by atoms with van der Waals surface area (Å²) in [5, 5.41) is 0.632. The standard InChI is InChI=1S/C17H21ClO2/c18-15-12-10-14(11-13-15)17(19)20-16-8-6-4-2-1-3-5-7-9-16/h1-2,10-13,16H,3-9H2/b2-1-. The van der Waals surface area contributed by atoms with Gasteiger partial charge in [0.1, 0.15) is 6.10 Å². The van der Waals surface area contributed by atoms with E-state index in [4.69, 9.17) is 16.3 Å². The molecule has 1 aromatic rings. The summed E-state index contributed by atoms with van der Waals surface area (Å²) in [5.41, 5.74) is 0.575. The fourth-order valence-corrected chi connectivity index (χ4v) is 2.53. The molecule has 3 heteroatoms. The highest BCUT2D eigenvalue weighted by atomic mass is 35.5. The summed E-state index contributed by atoms with van der Waals surface area (Å²) in [5.74, 6) is -0.237. The van der Waals surface area contributed by atoms with Gasteiger partial charge in [-0.3, -0.25) is 0 Å². The zero-order chi connectivity index (χ0) is 14.2. The predicted molar refractivity (Wildman–Crippen MR) is 82.1 cm³/mol. The molecule has 1 atom stereocenters. The summed E-state index contributed by atoms with van der Waals surface area (Å²) in [6, 6.07) is 6.87. The maximum atomic E-state index is 12.1. The molecular formula is C17H21ClO2. The highest BCUT2D eigenvalue weighted by molar-refractivity contribution is 6.30. The van der Waals surface area contributed by atoms with E-state index in [1.807, 2.05) is 0 Å². The first-order valence-corrected chi connectivity index (χ1v) is 7.75. The molecule has 0 saturated heterocycles. The van der Waals surface area contributed by atoms with Crippen molar-refractivity contribution in [3.05, 3.63) is 47.0 Å². The van der Waals surface area contributed by atoms with E-state index in [1.165, 1.54) is 6.42 Å². The van der Waals surface area contributed by atoms with Crippen molar-refractivity contribution in [1.82, 2.24) is 0 Å². The Kier molecular flexibility index (Phi) is 6.13. The molecule has 0 aliphatic heterocycles. The molecule has 0 heterocycles. The number of hydrogen-bond donors (Lipinski definition) is 0. The van der Waals surface area contributed by atoms with Crippen LogP contribution in [0.4, 0.5) is 0 Å². The van der Waals surface area contributed by atoms with Crippen molar-refractivity contribution in [2.75, 3.05) is 0 Å². The lowest BCUT2D eigenvalue weighted by atomic mass is 10.0. The maximum Gasteiger partial charge on any atom is 0.338 e. The molecule has 1 unspecified atom stereocenters. The number of carbonyl (C=O) groups excluding carboxylic acids is 1. The van der Waals surface area contributed by atoms with Gasteiger partial charge in [-0.2, -0.15) is 0 Å². The van der Waals surface area contributed by atoms with Crippen LogP contribution in [0.2, 0.25) is 5.02 Å². The number of allylic oxidation sites excluding steroid dienone is 2. The first-order chi connectivity index (χ1) is 9.75. The lowest BCUT2D eigenvalue weighted by Crippen LogP contribution is -2.18. The van der Waals surface area contributed by atoms with Crippen LogP contribution in [0.15, 0.2) is 36.4 Å². The van der Waals surface area contributed by atoms with Gasteiger partial charge in [0.2, 0.25) is 0 Å². The van der Waals surface area contributed by atoms with E-state index in [0.717, 1.165) is 38.5 Å². The van der Waals surface area contributed by atoms with E-state index < -0.39 is 0 Å². The Labute approximate surface area is 125 Å². The average molecular weight is 293 g/mol. The van der Waals surface area contributed by atoms with Crippen molar-refractivity contribution < 1.29 is 9.53 Å². The SMILES string of the molecule is O=C(OC1CCC/C=C\CCCC1)c1ccc(Cl)cc1. The van der Waals surface area contributed by atoms with Gasteiger partial charge in [0.25, 0.3) is 0 Å². The van der Waals surface area contributed by atoms with Gasteiger partial charge < -0.3 is 4.74 Å². The quantitative estimate of drug-likeness (QED) is 0.555. The lowest BCUT2D eigenvalue weighted by molar-refractivity contribution is 0.0251. The second-order valence-corrected chi connectivity index (χ2v) is 5.66. The van der Waals surface area contributed by atoms with Crippen LogP contribution in [0.25, 0.3) is 0 Å². The zero-order valence-corrected chi connectivity index (χ0v) is 12.4. The minimum absolute atomic E-state index is 0.0460. The van der Waals surface area contributed by atoms with E-state index in [9.17, 15) is 4.79 Å². The second kappa shape index (κ2) is 8.11. The molecule has 1 aliphatic rings. The Balaban J connectivity index is 1.90. The van der Waals surface area contributed by atoms with E-state index in [0.29, 0.717) is 10.6 Å². The largest absolute Gasteiger partial charge is 0.459 e. The summed E-state index contributed by atoms with van der Waals surface area (Å²) < 4.78 is 5.64. The third kappa shape index (κ3) is 5.01. The summed E-state index contributed by atoms with van der Waals surface area (Å²) in [7, 11) is 0. The van der Waals surface area contributed by atoms with Crippen molar-refractivity contribution >= 4 is 17.6 Å². The summed E-state index contributed by atoms with van der Waals surface area (Å²) in [6.07, 6.45) is 12.0. The monoisotopic (exact) mass is 292 g/mol. The molecule has 0 N–H and O–H groups in total. The van der Waals surface area contributed by atoms with E-state index in [-0.39, 0.29) is 12.1 Å². The minimum Gasteiger partial charge on any atom is -0.459 e. The first kappa shape index (κ1) is 15.1. The number of esters is 1. The van der Waals surface area contributed by atoms with Crippen LogP contribution < -0.4 is 0 Å². The van der Waals surface area contributed by atoms with Gasteiger partial charge in [-0.25, -0.2) is 4.79 Å². The topological polar surface area (TPSA) is 26.3 Å². The van der Waals surface area contributed by atoms with Crippen molar-refractivity contribution in [1.29, 1.82) is 0 Å². The van der Waals surface area contributed by atoms with Crippen LogP contribution in [-0.2, 0) is 4.74 Å². The predicted octanol–water partition coefficient (Wildman–Crippen LogP) is 5.17. The Morgan fingerprint density at radius 3 is 2.40 bits per heavy atom. The molecule has 0 aromatic heterocycles. The van der Waals surface area contributed by atoms with Gasteiger partial charge >= 0.3 is 5.97 Å². The highest BCUT2D eigenvalue weighted by Gasteiger charge is 2.15. The summed E-state index contributed by atoms with van der Waals surface area (Å²) in [6.45, 7) is 0. The Hall–Kier alpha value is -1.28. The van der Waals surface area contributed by atoms with E-state index in [1.54, 1.807) is 24.3 Å². The number of carbonyl (C=O) groups is 1. The maximum absolute atomic E-state index is 12.1. The molecule has 0 spiro atoms. The molecule has 0 radical (unpaired) electrons. The number of ether oxygens (including phenoxy) is 1. The molecule has 20 heavy (non-hydrogen) atoms. The van der Waals surface area contributed by atoms with Crippen LogP contribution in [-0.4, -0.2) is 12.1 Å². The van der Waals surface area contributed by atoms with Crippen LogP contribution >= 0.6 is 11.6 Å². The molecule has 2 rings (SSSR count). The second-order valence-electron chi connectivity index (χ2n) is 5.22. The number of benzene rings is 1. The molecule has 2 nitrogen and oxygen atoms in total. The van der Waals surface area contributed by atoms with Gasteiger partial charge in [0.05, 0.1) is 5.56 Å². The Morgan fingerprint density at radius 2 is 1.65 bits per heavy atom. The van der Waals surface area contributed by atoms with Crippen molar-refractivity contribution in [2.45, 2.75) is 51.0 Å². The smallest absolute Gasteiger partial charge is 0.338 e. The van der Waals surface area contributed by atoms with Crippen molar-refractivity contribution in [3.63, 3.8) is 0 Å². The first-order valence-electron chi connectivity index (χ1n) is 7.37. The van der Waals surface area contributed by atoms with Gasteiger partial charge in [0, 0.05) is 5.02 Å². The molecule has 1 aliphatic carbocycles. The van der Waals surface area contributed by atoms with Crippen molar-refractivity contribution in [3.8, 4) is 0 Å². The fraction of sp³-hybridized carbons (Fsp3) is 0.471. The zero-order valence-electron chi connectivity index (χ0n) is 11.7. The van der Waals surface area contributed by atoms with E-state index >= 15 is 0 Å². The number of halogens is 1. The Morgan fingerprint density at radius 1 is 1.00 bits per heavy atom. The van der Waals surface area contributed by atoms with Gasteiger partial charge in [0.15, 0.2) is 0 Å². The van der Waals surface area contributed by atoms with Crippen LogP contribution in [0, 0.1) is 0 Å². The molecule has 0 saturated carbocycles. The number of rotatable bonds is 2. The number of hydrogen-bond acceptors (Lipinski definition) is 2. The normalized spacial score (nSPS) is 21.9. The fourth-order valence-electron chi connectivity index (χ4n) is 2.40. The van der Waals surface area contributed by atoms with Gasteiger partial charge in [-0.15, -0.1) is 0 Å². The van der Waals surface area contributed by atoms with Gasteiger partial charge in [-0.05, 0) is 69.2 Å². The average Bonchev–Trinajstić information content (AvgIpc) is 2.46. The van der Waals surface area contributed by atoms with Crippen molar-refractivity contribution in [2.24, 2.45) is 0 Å².